The maximum atomic E-state index is 10.9. The fourth-order valence-electron chi connectivity index (χ4n) is 2.28. The van der Waals surface area contributed by atoms with Crippen LogP contribution < -0.4 is 0 Å². The fourth-order valence-corrected chi connectivity index (χ4v) is 2.28. The third-order valence-electron chi connectivity index (χ3n) is 3.24. The Morgan fingerprint density at radius 3 is 2.50 bits per heavy atom. The van der Waals surface area contributed by atoms with Gasteiger partial charge in [-0.3, -0.25) is 0 Å². The predicted molar refractivity (Wildman–Crippen MR) is 58.3 cm³/mol. The Morgan fingerprint density at radius 2 is 2.00 bits per heavy atom. The van der Waals surface area contributed by atoms with Gasteiger partial charge in [0, 0.05) is 25.6 Å². The highest BCUT2D eigenvalue weighted by Crippen LogP contribution is 2.21. The van der Waals surface area contributed by atoms with Crippen LogP contribution in [0.2, 0.25) is 0 Å². The van der Waals surface area contributed by atoms with Crippen molar-refractivity contribution in [2.45, 2.75) is 13.8 Å². The highest BCUT2D eigenvalue weighted by Gasteiger charge is 2.31. The van der Waals surface area contributed by atoms with Gasteiger partial charge in [0.1, 0.15) is 6.29 Å². The molecule has 3 nitrogen and oxygen atoms in total. The van der Waals surface area contributed by atoms with Gasteiger partial charge in [-0.15, -0.1) is 0 Å². The van der Waals surface area contributed by atoms with Crippen LogP contribution in [0.15, 0.2) is 0 Å². The van der Waals surface area contributed by atoms with Crippen molar-refractivity contribution in [2.75, 3.05) is 39.8 Å². The van der Waals surface area contributed by atoms with Gasteiger partial charge in [0.2, 0.25) is 0 Å². The summed E-state index contributed by atoms with van der Waals surface area (Å²) in [6, 6.07) is 0. The maximum Gasteiger partial charge on any atom is 0.124 e. The van der Waals surface area contributed by atoms with Crippen LogP contribution in [-0.2, 0) is 4.79 Å². The molecule has 0 radical (unpaired) electrons. The number of rotatable bonds is 5. The molecule has 0 aromatic heterocycles. The average molecular weight is 198 g/mol. The van der Waals surface area contributed by atoms with Crippen molar-refractivity contribution in [1.29, 1.82) is 0 Å². The summed E-state index contributed by atoms with van der Waals surface area (Å²) in [4.78, 5) is 15.5. The molecule has 2 atom stereocenters. The lowest BCUT2D eigenvalue weighted by atomic mass is 9.97. The first-order valence-electron chi connectivity index (χ1n) is 5.57. The monoisotopic (exact) mass is 198 g/mol. The first kappa shape index (κ1) is 11.7. The first-order valence-corrected chi connectivity index (χ1v) is 5.57. The van der Waals surface area contributed by atoms with Gasteiger partial charge in [-0.05, 0) is 26.1 Å². The minimum atomic E-state index is 0.251. The van der Waals surface area contributed by atoms with Crippen molar-refractivity contribution >= 4 is 6.29 Å². The summed E-state index contributed by atoms with van der Waals surface area (Å²) in [7, 11) is 2.10. The van der Waals surface area contributed by atoms with Crippen molar-refractivity contribution in [1.82, 2.24) is 9.80 Å². The van der Waals surface area contributed by atoms with Crippen LogP contribution in [-0.4, -0.2) is 55.9 Å². The van der Waals surface area contributed by atoms with Crippen molar-refractivity contribution < 1.29 is 4.79 Å². The summed E-state index contributed by atoms with van der Waals surface area (Å²) in [6.45, 7) is 9.61. The molecule has 14 heavy (non-hydrogen) atoms. The number of likely N-dealkylation sites (tertiary alicyclic amines) is 1. The fraction of sp³-hybridized carbons (Fsp3) is 0.909. The van der Waals surface area contributed by atoms with Gasteiger partial charge >= 0.3 is 0 Å². The van der Waals surface area contributed by atoms with Crippen LogP contribution in [0.25, 0.3) is 0 Å². The summed E-state index contributed by atoms with van der Waals surface area (Å²) >= 11 is 0. The van der Waals surface area contributed by atoms with Crippen LogP contribution in [0.1, 0.15) is 13.8 Å². The molecule has 1 rings (SSSR count). The van der Waals surface area contributed by atoms with E-state index >= 15 is 0 Å². The number of carbonyl (C=O) groups excluding carboxylic acids is 1. The smallest absolute Gasteiger partial charge is 0.124 e. The number of hydrogen-bond donors (Lipinski definition) is 0. The quantitative estimate of drug-likeness (QED) is 0.608. The standard InChI is InChI=1S/C11H22N2O/c1-4-13(5-2)8-10-6-12(3)7-11(10)9-14/h9-11H,4-8H2,1-3H3. The number of hydrogen-bond acceptors (Lipinski definition) is 3. The van der Waals surface area contributed by atoms with Crippen molar-refractivity contribution in [2.24, 2.45) is 11.8 Å². The molecule has 1 aliphatic rings. The molecule has 82 valence electrons. The van der Waals surface area contributed by atoms with E-state index < -0.39 is 0 Å². The van der Waals surface area contributed by atoms with E-state index in [-0.39, 0.29) is 5.92 Å². The van der Waals surface area contributed by atoms with Gasteiger partial charge in [0.05, 0.1) is 0 Å². The van der Waals surface area contributed by atoms with Crippen LogP contribution in [0.5, 0.6) is 0 Å². The molecule has 0 aromatic rings. The van der Waals surface area contributed by atoms with Gasteiger partial charge in [-0.25, -0.2) is 0 Å². The van der Waals surface area contributed by atoms with E-state index in [1.54, 1.807) is 0 Å². The molecule has 0 N–H and O–H groups in total. The Bertz CT molecular complexity index is 180. The number of carbonyl (C=O) groups is 1. The summed E-state index contributed by atoms with van der Waals surface area (Å²) in [5, 5.41) is 0. The van der Waals surface area contributed by atoms with E-state index in [0.717, 1.165) is 39.0 Å². The zero-order valence-corrected chi connectivity index (χ0v) is 9.57. The van der Waals surface area contributed by atoms with E-state index in [1.165, 1.54) is 0 Å². The second-order valence-electron chi connectivity index (χ2n) is 4.27. The Morgan fingerprint density at radius 1 is 1.36 bits per heavy atom. The second-order valence-corrected chi connectivity index (χ2v) is 4.27. The maximum absolute atomic E-state index is 10.9. The SMILES string of the molecule is CCN(CC)CC1CN(C)CC1C=O. The van der Waals surface area contributed by atoms with E-state index in [9.17, 15) is 4.79 Å². The van der Waals surface area contributed by atoms with Gasteiger partial charge in [-0.2, -0.15) is 0 Å². The normalized spacial score (nSPS) is 28.6. The minimum Gasteiger partial charge on any atom is -0.305 e. The lowest BCUT2D eigenvalue weighted by molar-refractivity contribution is -0.111. The topological polar surface area (TPSA) is 23.6 Å². The number of nitrogens with zero attached hydrogens (tertiary/aromatic N) is 2. The molecule has 0 aromatic carbocycles. The molecule has 3 heteroatoms. The molecule has 0 aliphatic carbocycles. The van der Waals surface area contributed by atoms with Crippen molar-refractivity contribution in [3.8, 4) is 0 Å². The predicted octanol–water partition coefficient (Wildman–Crippen LogP) is 0.705. The number of aldehydes is 1. The summed E-state index contributed by atoms with van der Waals surface area (Å²) in [6.07, 6.45) is 1.14. The zero-order chi connectivity index (χ0) is 10.6. The van der Waals surface area contributed by atoms with Gasteiger partial charge in [-0.1, -0.05) is 13.8 Å². The summed E-state index contributed by atoms with van der Waals surface area (Å²) < 4.78 is 0. The molecule has 2 unspecified atom stereocenters. The molecule has 1 fully saturated rings. The van der Waals surface area contributed by atoms with Gasteiger partial charge in [0.25, 0.3) is 0 Å². The van der Waals surface area contributed by atoms with Gasteiger partial charge < -0.3 is 14.6 Å². The van der Waals surface area contributed by atoms with E-state index in [4.69, 9.17) is 0 Å². The molecule has 0 bridgehead atoms. The van der Waals surface area contributed by atoms with Gasteiger partial charge in [0.15, 0.2) is 0 Å². The molecule has 0 saturated carbocycles. The second kappa shape index (κ2) is 5.47. The zero-order valence-electron chi connectivity index (χ0n) is 9.57. The van der Waals surface area contributed by atoms with E-state index in [2.05, 4.69) is 30.7 Å². The molecule has 1 aliphatic heterocycles. The third-order valence-corrected chi connectivity index (χ3v) is 3.24. The molecule has 0 amide bonds. The molecule has 1 saturated heterocycles. The largest absolute Gasteiger partial charge is 0.305 e. The lowest BCUT2D eigenvalue weighted by Crippen LogP contribution is -2.33. The summed E-state index contributed by atoms with van der Waals surface area (Å²) in [5.41, 5.74) is 0. The third kappa shape index (κ3) is 2.79. The van der Waals surface area contributed by atoms with Crippen LogP contribution in [0.4, 0.5) is 0 Å². The molecular formula is C11H22N2O. The van der Waals surface area contributed by atoms with E-state index in [1.807, 2.05) is 0 Å². The highest BCUT2D eigenvalue weighted by atomic mass is 16.1. The van der Waals surface area contributed by atoms with E-state index in [0.29, 0.717) is 5.92 Å². The highest BCUT2D eigenvalue weighted by molar-refractivity contribution is 5.55. The Kier molecular flexibility index (Phi) is 4.55. The Hall–Kier alpha value is -0.410. The van der Waals surface area contributed by atoms with Crippen LogP contribution >= 0.6 is 0 Å². The summed E-state index contributed by atoms with van der Waals surface area (Å²) in [5.74, 6) is 0.790. The molecular weight excluding hydrogens is 176 g/mol. The molecule has 0 spiro atoms. The first-order chi connectivity index (χ1) is 6.71. The van der Waals surface area contributed by atoms with Crippen LogP contribution in [0.3, 0.4) is 0 Å². The van der Waals surface area contributed by atoms with Crippen LogP contribution in [0, 0.1) is 11.8 Å². The Balaban J connectivity index is 2.46. The molecule has 1 heterocycles. The van der Waals surface area contributed by atoms with Crippen molar-refractivity contribution in [3.63, 3.8) is 0 Å². The average Bonchev–Trinajstić information content (AvgIpc) is 2.55. The Labute approximate surface area is 87.1 Å². The minimum absolute atomic E-state index is 0.251. The van der Waals surface area contributed by atoms with Crippen molar-refractivity contribution in [3.05, 3.63) is 0 Å². The lowest BCUT2D eigenvalue weighted by Gasteiger charge is -2.23.